The third-order valence-corrected chi connectivity index (χ3v) is 3.25. The Morgan fingerprint density at radius 2 is 1.71 bits per heavy atom. The molecule has 0 radical (unpaired) electrons. The van der Waals surface area contributed by atoms with Gasteiger partial charge < -0.3 is 4.74 Å². The van der Waals surface area contributed by atoms with Gasteiger partial charge in [-0.3, -0.25) is 0 Å². The van der Waals surface area contributed by atoms with Crippen molar-refractivity contribution in [3.05, 3.63) is 24.3 Å². The third kappa shape index (κ3) is 2.27. The van der Waals surface area contributed by atoms with Gasteiger partial charge in [0.2, 0.25) is 0 Å². The lowest BCUT2D eigenvalue weighted by Gasteiger charge is -2.15. The maximum absolute atomic E-state index is 6.00. The zero-order valence-corrected chi connectivity index (χ0v) is 9.84. The minimum atomic E-state index is 0.245. The Kier molecular flexibility index (Phi) is 3.54. The van der Waals surface area contributed by atoms with Crippen LogP contribution in [0.3, 0.4) is 0 Å². The Morgan fingerprint density at radius 3 is 2.07 bits per heavy atom. The standard InChI is InChI=1S/C13H22O/c1-8(2)7-12-10(5)11(6)13(14-12)9(3)4/h10-13H,1,3,7H2,2,4-6H3. The minimum Gasteiger partial charge on any atom is -0.370 e. The van der Waals surface area contributed by atoms with E-state index in [0.29, 0.717) is 17.9 Å². The molecular formula is C13H22O. The molecule has 0 aromatic heterocycles. The van der Waals surface area contributed by atoms with Crippen molar-refractivity contribution < 1.29 is 4.74 Å². The van der Waals surface area contributed by atoms with E-state index in [0.717, 1.165) is 12.0 Å². The Labute approximate surface area is 87.8 Å². The van der Waals surface area contributed by atoms with Crippen LogP contribution in [0, 0.1) is 11.8 Å². The second kappa shape index (κ2) is 4.31. The highest BCUT2D eigenvalue weighted by Gasteiger charge is 2.38. The van der Waals surface area contributed by atoms with Gasteiger partial charge in [-0.2, -0.15) is 0 Å². The molecule has 0 amide bonds. The fraction of sp³-hybridized carbons (Fsp3) is 0.692. The van der Waals surface area contributed by atoms with Crippen LogP contribution < -0.4 is 0 Å². The van der Waals surface area contributed by atoms with Crippen LogP contribution in [0.15, 0.2) is 24.3 Å². The second-order valence-corrected chi connectivity index (χ2v) is 4.82. The zero-order chi connectivity index (χ0) is 10.9. The maximum Gasteiger partial charge on any atom is 0.0812 e. The molecule has 1 aliphatic heterocycles. The van der Waals surface area contributed by atoms with Crippen molar-refractivity contribution in [2.24, 2.45) is 11.8 Å². The summed E-state index contributed by atoms with van der Waals surface area (Å²) >= 11 is 0. The monoisotopic (exact) mass is 194 g/mol. The molecule has 14 heavy (non-hydrogen) atoms. The molecule has 0 N–H and O–H groups in total. The lowest BCUT2D eigenvalue weighted by Crippen LogP contribution is -2.16. The highest BCUT2D eigenvalue weighted by atomic mass is 16.5. The van der Waals surface area contributed by atoms with Gasteiger partial charge in [-0.1, -0.05) is 31.6 Å². The number of hydrogen-bond acceptors (Lipinski definition) is 1. The van der Waals surface area contributed by atoms with Crippen LogP contribution in [0.4, 0.5) is 0 Å². The SMILES string of the molecule is C=C(C)CC1OC(C(=C)C)C(C)C1C. The summed E-state index contributed by atoms with van der Waals surface area (Å²) in [6.45, 7) is 16.6. The first-order valence-corrected chi connectivity index (χ1v) is 5.38. The second-order valence-electron chi connectivity index (χ2n) is 4.82. The van der Waals surface area contributed by atoms with Gasteiger partial charge in [0.1, 0.15) is 0 Å². The minimum absolute atomic E-state index is 0.245. The summed E-state index contributed by atoms with van der Waals surface area (Å²) in [6.07, 6.45) is 1.56. The number of ether oxygens (including phenoxy) is 1. The summed E-state index contributed by atoms with van der Waals surface area (Å²) in [5.41, 5.74) is 2.35. The van der Waals surface area contributed by atoms with Crippen molar-refractivity contribution in [1.29, 1.82) is 0 Å². The van der Waals surface area contributed by atoms with E-state index in [-0.39, 0.29) is 6.10 Å². The Morgan fingerprint density at radius 1 is 1.14 bits per heavy atom. The molecule has 1 saturated heterocycles. The molecule has 80 valence electrons. The van der Waals surface area contributed by atoms with Gasteiger partial charge in [0.25, 0.3) is 0 Å². The van der Waals surface area contributed by atoms with Gasteiger partial charge in [-0.15, -0.1) is 6.58 Å². The van der Waals surface area contributed by atoms with Gasteiger partial charge in [-0.25, -0.2) is 0 Å². The highest BCUT2D eigenvalue weighted by Crippen LogP contribution is 2.37. The van der Waals surface area contributed by atoms with Gasteiger partial charge in [0.05, 0.1) is 12.2 Å². The van der Waals surface area contributed by atoms with E-state index in [1.165, 1.54) is 5.57 Å². The van der Waals surface area contributed by atoms with E-state index in [1.807, 2.05) is 0 Å². The van der Waals surface area contributed by atoms with Crippen molar-refractivity contribution in [2.45, 2.75) is 46.3 Å². The molecule has 1 nitrogen and oxygen atoms in total. The van der Waals surface area contributed by atoms with Crippen LogP contribution in [0.25, 0.3) is 0 Å². The van der Waals surface area contributed by atoms with Gasteiger partial charge in [0, 0.05) is 0 Å². The van der Waals surface area contributed by atoms with Crippen LogP contribution in [0.1, 0.15) is 34.1 Å². The summed E-state index contributed by atoms with van der Waals surface area (Å²) < 4.78 is 6.00. The summed E-state index contributed by atoms with van der Waals surface area (Å²) in [6, 6.07) is 0. The highest BCUT2D eigenvalue weighted by molar-refractivity contribution is 5.07. The topological polar surface area (TPSA) is 9.23 Å². The van der Waals surface area contributed by atoms with Crippen molar-refractivity contribution in [2.75, 3.05) is 0 Å². The average molecular weight is 194 g/mol. The summed E-state index contributed by atoms with van der Waals surface area (Å²) in [5, 5.41) is 0. The summed E-state index contributed by atoms with van der Waals surface area (Å²) in [7, 11) is 0. The van der Waals surface area contributed by atoms with Crippen molar-refractivity contribution >= 4 is 0 Å². The Bertz CT molecular complexity index is 242. The molecule has 0 bridgehead atoms. The molecule has 1 heterocycles. The van der Waals surface area contributed by atoms with E-state index >= 15 is 0 Å². The van der Waals surface area contributed by atoms with Crippen LogP contribution in [0.2, 0.25) is 0 Å². The van der Waals surface area contributed by atoms with Crippen LogP contribution in [-0.2, 0) is 4.74 Å². The first kappa shape index (κ1) is 11.5. The van der Waals surface area contributed by atoms with Gasteiger partial charge in [-0.05, 0) is 32.1 Å². The molecule has 4 unspecified atom stereocenters. The molecule has 1 aliphatic rings. The maximum atomic E-state index is 6.00. The van der Waals surface area contributed by atoms with Crippen molar-refractivity contribution in [3.8, 4) is 0 Å². The number of rotatable bonds is 3. The third-order valence-electron chi connectivity index (χ3n) is 3.25. The normalized spacial score (nSPS) is 37.1. The van der Waals surface area contributed by atoms with Gasteiger partial charge >= 0.3 is 0 Å². The van der Waals surface area contributed by atoms with Crippen molar-refractivity contribution in [3.63, 3.8) is 0 Å². The fourth-order valence-electron chi connectivity index (χ4n) is 2.19. The van der Waals surface area contributed by atoms with Crippen LogP contribution in [-0.4, -0.2) is 12.2 Å². The van der Waals surface area contributed by atoms with Crippen molar-refractivity contribution in [1.82, 2.24) is 0 Å². The molecule has 0 aromatic rings. The fourth-order valence-corrected chi connectivity index (χ4v) is 2.19. The lowest BCUT2D eigenvalue weighted by atomic mass is 9.86. The molecule has 0 spiro atoms. The van der Waals surface area contributed by atoms with E-state index in [1.54, 1.807) is 0 Å². The molecular weight excluding hydrogens is 172 g/mol. The molecule has 1 rings (SSSR count). The van der Waals surface area contributed by atoms with E-state index < -0.39 is 0 Å². The summed E-state index contributed by atoms with van der Waals surface area (Å²) in [5.74, 6) is 1.19. The molecule has 1 fully saturated rings. The average Bonchev–Trinajstić information content (AvgIpc) is 2.32. The molecule has 0 aromatic carbocycles. The lowest BCUT2D eigenvalue weighted by molar-refractivity contribution is 0.0509. The van der Waals surface area contributed by atoms with Crippen LogP contribution in [0.5, 0.6) is 0 Å². The molecule has 4 atom stereocenters. The predicted octanol–water partition coefficient (Wildman–Crippen LogP) is 3.57. The molecule has 0 saturated carbocycles. The summed E-state index contributed by atoms with van der Waals surface area (Å²) in [4.78, 5) is 0. The molecule has 0 aliphatic carbocycles. The first-order chi connectivity index (χ1) is 6.43. The quantitative estimate of drug-likeness (QED) is 0.624. The molecule has 1 heteroatoms. The van der Waals surface area contributed by atoms with E-state index in [4.69, 9.17) is 4.74 Å². The van der Waals surface area contributed by atoms with E-state index in [9.17, 15) is 0 Å². The number of hydrogen-bond donors (Lipinski definition) is 0. The Hall–Kier alpha value is -0.560. The zero-order valence-electron chi connectivity index (χ0n) is 9.84. The Balaban J connectivity index is 2.66. The van der Waals surface area contributed by atoms with E-state index in [2.05, 4.69) is 40.9 Å². The van der Waals surface area contributed by atoms with Gasteiger partial charge in [0.15, 0.2) is 0 Å². The predicted molar refractivity (Wildman–Crippen MR) is 61.2 cm³/mol. The smallest absolute Gasteiger partial charge is 0.0812 e. The largest absolute Gasteiger partial charge is 0.370 e. The van der Waals surface area contributed by atoms with Crippen LogP contribution >= 0.6 is 0 Å². The first-order valence-electron chi connectivity index (χ1n) is 5.38.